The van der Waals surface area contributed by atoms with Gasteiger partial charge in [-0.3, -0.25) is 0 Å². The van der Waals surface area contributed by atoms with E-state index in [1.807, 2.05) is 6.92 Å². The largest absolute Gasteiger partial charge is 0.478 e. The van der Waals surface area contributed by atoms with Crippen molar-refractivity contribution in [1.82, 2.24) is 9.97 Å². The Morgan fingerprint density at radius 3 is 2.86 bits per heavy atom. The van der Waals surface area contributed by atoms with Crippen LogP contribution in [0.15, 0.2) is 9.82 Å². The first-order valence-corrected chi connectivity index (χ1v) is 7.67. The van der Waals surface area contributed by atoms with Gasteiger partial charge in [-0.05, 0) is 13.3 Å². The van der Waals surface area contributed by atoms with Crippen molar-refractivity contribution in [2.45, 2.75) is 37.8 Å². The molecule has 0 aliphatic carbocycles. The third-order valence-electron chi connectivity index (χ3n) is 2.67. The highest BCUT2D eigenvalue weighted by Gasteiger charge is 2.18. The summed E-state index contributed by atoms with van der Waals surface area (Å²) in [5, 5.41) is 19.0. The Hall–Kier alpha value is -1.38. The summed E-state index contributed by atoms with van der Waals surface area (Å²) in [6.07, 6.45) is 1.20. The average molecular weight is 316 g/mol. The van der Waals surface area contributed by atoms with Crippen LogP contribution in [0.4, 0.5) is 0 Å². The molecule has 1 rings (SSSR count). The number of nitrogens with one attached hydrogen (secondary N) is 1. The number of unbranched alkanes of at least 4 members (excludes halogenated alkanes) is 1. The van der Waals surface area contributed by atoms with E-state index < -0.39 is 17.8 Å². The zero-order valence-corrected chi connectivity index (χ0v) is 12.9. The topological polar surface area (TPSA) is 113 Å². The monoisotopic (exact) mass is 316 g/mol. The van der Waals surface area contributed by atoms with Gasteiger partial charge in [-0.2, -0.15) is 4.98 Å². The van der Waals surface area contributed by atoms with Gasteiger partial charge in [0.15, 0.2) is 0 Å². The molecule has 7 nitrogen and oxygen atoms in total. The van der Waals surface area contributed by atoms with Gasteiger partial charge in [-0.25, -0.2) is 9.59 Å². The summed E-state index contributed by atoms with van der Waals surface area (Å²) in [5.74, 6) is -0.949. The van der Waals surface area contributed by atoms with Gasteiger partial charge >= 0.3 is 11.7 Å². The van der Waals surface area contributed by atoms with E-state index >= 15 is 0 Å². The standard InChI is InChI=1S/C13H20N2O5S/c1-3-4-5-20-6-9(16)7-21-11-10(12(17)18)8(2)14-13(19)15-11/h9,16H,3-7H2,1-2H3,(H,17,18)(H,14,15,19). The van der Waals surface area contributed by atoms with Gasteiger partial charge in [0.2, 0.25) is 0 Å². The molecule has 0 bridgehead atoms. The van der Waals surface area contributed by atoms with E-state index in [-0.39, 0.29) is 28.6 Å². The Morgan fingerprint density at radius 2 is 2.24 bits per heavy atom. The third kappa shape index (κ3) is 5.86. The molecule has 1 aromatic rings. The molecule has 1 unspecified atom stereocenters. The van der Waals surface area contributed by atoms with E-state index in [4.69, 9.17) is 9.84 Å². The maximum absolute atomic E-state index is 11.3. The van der Waals surface area contributed by atoms with E-state index in [1.165, 1.54) is 6.92 Å². The molecule has 1 heterocycles. The fraction of sp³-hybridized carbons (Fsp3) is 0.615. The molecule has 21 heavy (non-hydrogen) atoms. The van der Waals surface area contributed by atoms with Crippen molar-refractivity contribution < 1.29 is 19.7 Å². The number of H-pyrrole nitrogens is 1. The number of rotatable bonds is 9. The lowest BCUT2D eigenvalue weighted by Gasteiger charge is -2.12. The van der Waals surface area contributed by atoms with Gasteiger partial charge in [0.25, 0.3) is 0 Å². The molecular weight excluding hydrogens is 296 g/mol. The van der Waals surface area contributed by atoms with Crippen molar-refractivity contribution in [2.75, 3.05) is 19.0 Å². The maximum Gasteiger partial charge on any atom is 0.346 e. The van der Waals surface area contributed by atoms with Crippen LogP contribution < -0.4 is 5.69 Å². The van der Waals surface area contributed by atoms with Crippen molar-refractivity contribution in [3.63, 3.8) is 0 Å². The second kappa shape index (κ2) is 8.81. The molecule has 0 radical (unpaired) electrons. The minimum absolute atomic E-state index is 0.0429. The number of nitrogens with zero attached hydrogens (tertiary/aromatic N) is 1. The molecular formula is C13H20N2O5S. The number of hydrogen-bond acceptors (Lipinski definition) is 6. The van der Waals surface area contributed by atoms with E-state index in [9.17, 15) is 14.7 Å². The molecule has 0 saturated heterocycles. The molecule has 118 valence electrons. The quantitative estimate of drug-likeness (QED) is 0.354. The number of aliphatic hydroxyl groups excluding tert-OH is 1. The van der Waals surface area contributed by atoms with Crippen molar-refractivity contribution in [3.8, 4) is 0 Å². The lowest BCUT2D eigenvalue weighted by Crippen LogP contribution is -2.21. The SMILES string of the molecule is CCCCOCC(O)CSc1nc(=O)[nH]c(C)c1C(=O)O. The fourth-order valence-corrected chi connectivity index (χ4v) is 2.58. The number of carboxylic acid groups (broad SMARTS) is 1. The molecule has 0 fully saturated rings. The highest BCUT2D eigenvalue weighted by atomic mass is 32.2. The summed E-state index contributed by atoms with van der Waals surface area (Å²) < 4.78 is 5.28. The molecule has 0 spiro atoms. The molecule has 1 atom stereocenters. The summed E-state index contributed by atoms with van der Waals surface area (Å²) in [7, 11) is 0. The van der Waals surface area contributed by atoms with Gasteiger partial charge in [0.1, 0.15) is 10.6 Å². The van der Waals surface area contributed by atoms with E-state index in [2.05, 4.69) is 9.97 Å². The third-order valence-corrected chi connectivity index (χ3v) is 3.79. The number of carbonyl (C=O) groups is 1. The number of aromatic carboxylic acids is 1. The summed E-state index contributed by atoms with van der Waals surface area (Å²) >= 11 is 1.03. The maximum atomic E-state index is 11.3. The second-order valence-corrected chi connectivity index (χ2v) is 5.55. The lowest BCUT2D eigenvalue weighted by molar-refractivity contribution is 0.0473. The number of aromatic nitrogens is 2. The number of aryl methyl sites for hydroxylation is 1. The van der Waals surface area contributed by atoms with E-state index in [1.54, 1.807) is 0 Å². The Balaban J connectivity index is 2.62. The summed E-state index contributed by atoms with van der Waals surface area (Å²) in [5.41, 5.74) is -0.397. The first kappa shape index (κ1) is 17.7. The predicted octanol–water partition coefficient (Wildman–Crippen LogP) is 1.05. The first-order valence-electron chi connectivity index (χ1n) is 6.68. The minimum Gasteiger partial charge on any atom is -0.478 e. The number of aromatic amines is 1. The Labute approximate surface area is 126 Å². The van der Waals surface area contributed by atoms with Gasteiger partial charge < -0.3 is 19.9 Å². The number of hydrogen-bond donors (Lipinski definition) is 3. The highest BCUT2D eigenvalue weighted by molar-refractivity contribution is 7.99. The Morgan fingerprint density at radius 1 is 1.52 bits per heavy atom. The van der Waals surface area contributed by atoms with Crippen LogP contribution in [0.5, 0.6) is 0 Å². The normalized spacial score (nSPS) is 12.3. The zero-order chi connectivity index (χ0) is 15.8. The smallest absolute Gasteiger partial charge is 0.346 e. The van der Waals surface area contributed by atoms with Gasteiger partial charge in [0.05, 0.1) is 12.7 Å². The van der Waals surface area contributed by atoms with Crippen LogP contribution in [0.1, 0.15) is 35.8 Å². The van der Waals surface area contributed by atoms with Crippen molar-refractivity contribution in [1.29, 1.82) is 0 Å². The van der Waals surface area contributed by atoms with E-state index in [0.29, 0.717) is 6.61 Å². The van der Waals surface area contributed by atoms with Crippen LogP contribution in [0.2, 0.25) is 0 Å². The fourth-order valence-electron chi connectivity index (χ4n) is 1.60. The lowest BCUT2D eigenvalue weighted by atomic mass is 10.2. The Kier molecular flexibility index (Phi) is 7.41. The molecule has 0 aliphatic heterocycles. The van der Waals surface area contributed by atoms with Crippen LogP contribution in [0.3, 0.4) is 0 Å². The van der Waals surface area contributed by atoms with Crippen LogP contribution in [0, 0.1) is 6.92 Å². The van der Waals surface area contributed by atoms with Gasteiger partial charge in [-0.15, -0.1) is 11.8 Å². The van der Waals surface area contributed by atoms with Crippen molar-refractivity contribution >= 4 is 17.7 Å². The number of aliphatic hydroxyl groups is 1. The van der Waals surface area contributed by atoms with Crippen molar-refractivity contribution in [3.05, 3.63) is 21.7 Å². The molecule has 0 aliphatic rings. The van der Waals surface area contributed by atoms with Crippen LogP contribution in [-0.2, 0) is 4.74 Å². The molecule has 8 heteroatoms. The molecule has 0 aromatic carbocycles. The molecule has 0 amide bonds. The van der Waals surface area contributed by atoms with Crippen LogP contribution in [0.25, 0.3) is 0 Å². The van der Waals surface area contributed by atoms with Crippen molar-refractivity contribution in [2.24, 2.45) is 0 Å². The highest BCUT2D eigenvalue weighted by Crippen LogP contribution is 2.21. The Bertz CT molecular complexity index is 532. The number of thioether (sulfide) groups is 1. The van der Waals surface area contributed by atoms with E-state index in [0.717, 1.165) is 24.6 Å². The van der Waals surface area contributed by atoms with Crippen LogP contribution in [-0.4, -0.2) is 51.2 Å². The number of carboxylic acids is 1. The zero-order valence-electron chi connectivity index (χ0n) is 12.1. The molecule has 3 N–H and O–H groups in total. The van der Waals surface area contributed by atoms with Gasteiger partial charge in [-0.1, -0.05) is 13.3 Å². The summed E-state index contributed by atoms with van der Waals surface area (Å²) in [6, 6.07) is 0. The van der Waals surface area contributed by atoms with Crippen LogP contribution >= 0.6 is 11.8 Å². The first-order chi connectivity index (χ1) is 9.95. The average Bonchev–Trinajstić information content (AvgIpc) is 2.40. The van der Waals surface area contributed by atoms with Gasteiger partial charge in [0, 0.05) is 18.1 Å². The summed E-state index contributed by atoms with van der Waals surface area (Å²) in [6.45, 7) is 4.31. The predicted molar refractivity (Wildman–Crippen MR) is 79.0 cm³/mol. The second-order valence-electron chi connectivity index (χ2n) is 4.55. The molecule has 1 aromatic heterocycles. The summed E-state index contributed by atoms with van der Waals surface area (Å²) in [4.78, 5) is 28.5. The molecule has 0 saturated carbocycles. The minimum atomic E-state index is -1.16. The number of ether oxygens (including phenoxy) is 1.